The molecule has 1 fully saturated rings. The Morgan fingerprint density at radius 3 is 2.90 bits per heavy atom. The number of fused-ring (bicyclic) bond motifs is 1. The SMILES string of the molecule is CC(F)Oc1ccc(Cl)cc1-c1nn(CC(=O)N2CCN(C)C(C)C2)cc1NC(=O)c1cnn2cccnc12. The fourth-order valence-corrected chi connectivity index (χ4v) is 4.62. The number of nitrogens with one attached hydrogen (secondary N) is 1. The highest BCUT2D eigenvalue weighted by Crippen LogP contribution is 2.37. The smallest absolute Gasteiger partial charge is 0.261 e. The lowest BCUT2D eigenvalue weighted by atomic mass is 10.1. The maximum absolute atomic E-state index is 13.9. The van der Waals surface area contributed by atoms with Crippen molar-refractivity contribution in [3.05, 3.63) is 59.6 Å². The Labute approximate surface area is 229 Å². The lowest BCUT2D eigenvalue weighted by Crippen LogP contribution is -2.52. The first-order valence-corrected chi connectivity index (χ1v) is 12.8. The van der Waals surface area contributed by atoms with Crippen LogP contribution in [0.2, 0.25) is 5.02 Å². The van der Waals surface area contributed by atoms with Gasteiger partial charge in [0.15, 0.2) is 5.65 Å². The molecule has 1 saturated heterocycles. The van der Waals surface area contributed by atoms with Crippen LogP contribution in [0.4, 0.5) is 10.1 Å². The lowest BCUT2D eigenvalue weighted by molar-refractivity contribution is -0.134. The number of rotatable bonds is 7. The first kappa shape index (κ1) is 26.6. The van der Waals surface area contributed by atoms with Gasteiger partial charge in [-0.2, -0.15) is 10.2 Å². The summed E-state index contributed by atoms with van der Waals surface area (Å²) >= 11 is 6.27. The van der Waals surface area contributed by atoms with Gasteiger partial charge in [0, 0.05) is 61.8 Å². The third-order valence-corrected chi connectivity index (χ3v) is 6.86. The topological polar surface area (TPSA) is 110 Å². The maximum atomic E-state index is 13.9. The Bertz CT molecular complexity index is 1520. The summed E-state index contributed by atoms with van der Waals surface area (Å²) < 4.78 is 22.2. The summed E-state index contributed by atoms with van der Waals surface area (Å²) in [6.07, 6.45) is 4.62. The number of hydrogen-bond donors (Lipinski definition) is 1. The molecule has 204 valence electrons. The second-order valence-corrected chi connectivity index (χ2v) is 9.90. The van der Waals surface area contributed by atoms with Crippen LogP contribution < -0.4 is 10.1 Å². The van der Waals surface area contributed by atoms with Crippen LogP contribution in [0.3, 0.4) is 0 Å². The average molecular weight is 555 g/mol. The van der Waals surface area contributed by atoms with Crippen LogP contribution >= 0.6 is 11.6 Å². The molecule has 1 N–H and O–H groups in total. The van der Waals surface area contributed by atoms with Gasteiger partial charge < -0.3 is 19.9 Å². The fraction of sp³-hybridized carbons (Fsp3) is 0.346. The summed E-state index contributed by atoms with van der Waals surface area (Å²) in [5.74, 6) is -0.396. The number of halogens is 2. The molecule has 2 atom stereocenters. The number of alkyl halides is 1. The van der Waals surface area contributed by atoms with Crippen molar-refractivity contribution in [3.8, 4) is 17.0 Å². The van der Waals surface area contributed by atoms with Gasteiger partial charge in [-0.3, -0.25) is 14.3 Å². The Morgan fingerprint density at radius 1 is 1.31 bits per heavy atom. The Hall–Kier alpha value is -4.03. The highest BCUT2D eigenvalue weighted by Gasteiger charge is 2.26. The number of ether oxygens (including phenoxy) is 1. The highest BCUT2D eigenvalue weighted by molar-refractivity contribution is 6.31. The van der Waals surface area contributed by atoms with Gasteiger partial charge >= 0.3 is 0 Å². The van der Waals surface area contributed by atoms with E-state index >= 15 is 0 Å². The number of aromatic nitrogens is 5. The largest absolute Gasteiger partial charge is 0.460 e. The molecular weight excluding hydrogens is 527 g/mol. The van der Waals surface area contributed by atoms with Crippen molar-refractivity contribution in [1.82, 2.24) is 34.2 Å². The zero-order chi connectivity index (χ0) is 27.7. The molecule has 0 saturated carbocycles. The van der Waals surface area contributed by atoms with E-state index in [9.17, 15) is 14.0 Å². The number of carbonyl (C=O) groups is 2. The van der Waals surface area contributed by atoms with E-state index in [2.05, 4.69) is 32.3 Å². The van der Waals surface area contributed by atoms with Crippen LogP contribution in [0.5, 0.6) is 5.75 Å². The van der Waals surface area contributed by atoms with E-state index in [0.29, 0.717) is 29.3 Å². The second kappa shape index (κ2) is 11.0. The number of anilines is 1. The van der Waals surface area contributed by atoms with Crippen LogP contribution in [0.25, 0.3) is 16.9 Å². The number of piperazine rings is 1. The summed E-state index contributed by atoms with van der Waals surface area (Å²) in [4.78, 5) is 34.7. The van der Waals surface area contributed by atoms with Gasteiger partial charge in [0.25, 0.3) is 5.91 Å². The first-order valence-electron chi connectivity index (χ1n) is 12.5. The zero-order valence-electron chi connectivity index (χ0n) is 21.7. The van der Waals surface area contributed by atoms with Crippen molar-refractivity contribution in [1.29, 1.82) is 0 Å². The summed E-state index contributed by atoms with van der Waals surface area (Å²) in [6, 6.07) is 6.61. The number of carbonyl (C=O) groups excluding carboxylic acids is 2. The third kappa shape index (κ3) is 5.71. The normalized spacial score (nSPS) is 16.8. The molecule has 2 unspecified atom stereocenters. The molecule has 0 aliphatic carbocycles. The molecule has 3 aromatic heterocycles. The van der Waals surface area contributed by atoms with E-state index in [1.54, 1.807) is 41.7 Å². The van der Waals surface area contributed by atoms with Crippen molar-refractivity contribution in [2.45, 2.75) is 32.8 Å². The van der Waals surface area contributed by atoms with Gasteiger partial charge in [0.05, 0.1) is 11.9 Å². The number of hydrogen-bond acceptors (Lipinski definition) is 7. The minimum Gasteiger partial charge on any atom is -0.460 e. The minimum absolute atomic E-state index is 0.0478. The van der Waals surface area contributed by atoms with Crippen molar-refractivity contribution < 1.29 is 18.7 Å². The van der Waals surface area contributed by atoms with Crippen molar-refractivity contribution >= 4 is 34.7 Å². The molecule has 4 heterocycles. The van der Waals surface area contributed by atoms with Crippen molar-refractivity contribution in [2.75, 3.05) is 32.0 Å². The van der Waals surface area contributed by atoms with Crippen LogP contribution in [0, 0.1) is 0 Å². The predicted molar refractivity (Wildman–Crippen MR) is 143 cm³/mol. The second-order valence-electron chi connectivity index (χ2n) is 9.46. The van der Waals surface area contributed by atoms with E-state index in [1.165, 1.54) is 28.4 Å². The molecule has 0 bridgehead atoms. The molecule has 1 aromatic carbocycles. The van der Waals surface area contributed by atoms with Gasteiger partial charge in [0.1, 0.15) is 23.6 Å². The van der Waals surface area contributed by atoms with Crippen LogP contribution in [-0.2, 0) is 11.3 Å². The van der Waals surface area contributed by atoms with E-state index in [0.717, 1.165) is 6.54 Å². The first-order chi connectivity index (χ1) is 18.7. The number of likely N-dealkylation sites (N-methyl/N-ethyl adjacent to an activating group) is 1. The van der Waals surface area contributed by atoms with Crippen LogP contribution in [-0.4, -0.2) is 85.1 Å². The van der Waals surface area contributed by atoms with Gasteiger partial charge in [-0.15, -0.1) is 0 Å². The molecule has 0 spiro atoms. The van der Waals surface area contributed by atoms with Crippen LogP contribution in [0.15, 0.2) is 49.1 Å². The number of amides is 2. The zero-order valence-corrected chi connectivity index (χ0v) is 22.5. The Kier molecular flexibility index (Phi) is 7.49. The lowest BCUT2D eigenvalue weighted by Gasteiger charge is -2.37. The predicted octanol–water partition coefficient (Wildman–Crippen LogP) is 3.36. The van der Waals surface area contributed by atoms with E-state index < -0.39 is 12.3 Å². The molecular formula is C26H28ClFN8O3. The van der Waals surface area contributed by atoms with Gasteiger partial charge in [-0.05, 0) is 38.2 Å². The van der Waals surface area contributed by atoms with E-state index in [-0.39, 0.29) is 41.2 Å². The Balaban J connectivity index is 1.50. The summed E-state index contributed by atoms with van der Waals surface area (Å²) in [5, 5.41) is 12.0. The van der Waals surface area contributed by atoms with Gasteiger partial charge in [-0.25, -0.2) is 13.9 Å². The van der Waals surface area contributed by atoms with Crippen LogP contribution in [0.1, 0.15) is 24.2 Å². The van der Waals surface area contributed by atoms with Crippen molar-refractivity contribution in [2.24, 2.45) is 0 Å². The molecule has 1 aliphatic heterocycles. The molecule has 39 heavy (non-hydrogen) atoms. The molecule has 4 aromatic rings. The molecule has 1 aliphatic rings. The number of nitrogens with zero attached hydrogens (tertiary/aromatic N) is 7. The van der Waals surface area contributed by atoms with Gasteiger partial charge in [0.2, 0.25) is 12.3 Å². The van der Waals surface area contributed by atoms with Crippen molar-refractivity contribution in [3.63, 3.8) is 0 Å². The molecule has 2 amide bonds. The number of benzene rings is 1. The molecule has 11 nitrogen and oxygen atoms in total. The summed E-state index contributed by atoms with van der Waals surface area (Å²) in [6.45, 7) is 5.27. The van der Waals surface area contributed by atoms with Gasteiger partial charge in [-0.1, -0.05) is 11.6 Å². The third-order valence-electron chi connectivity index (χ3n) is 6.63. The standard InChI is InChI=1S/C26H28ClFN8O3/c1-16-13-34(10-9-33(16)3)23(37)15-35-14-21(31-26(38)20-12-30-36-8-4-7-29-25(20)36)24(32-35)19-11-18(27)5-6-22(19)39-17(2)28/h4-8,11-12,14,16-17H,9-10,13,15H2,1-3H3,(H,31,38). The minimum atomic E-state index is -1.60. The fourth-order valence-electron chi connectivity index (χ4n) is 4.45. The quantitative estimate of drug-likeness (QED) is 0.373. The average Bonchev–Trinajstić information content (AvgIpc) is 3.50. The highest BCUT2D eigenvalue weighted by atomic mass is 35.5. The maximum Gasteiger partial charge on any atom is 0.261 e. The van der Waals surface area contributed by atoms with E-state index in [1.807, 2.05) is 7.05 Å². The molecule has 13 heteroatoms. The Morgan fingerprint density at radius 2 is 2.13 bits per heavy atom. The molecule has 5 rings (SSSR count). The summed E-state index contributed by atoms with van der Waals surface area (Å²) in [5.41, 5.74) is 1.54. The monoisotopic (exact) mass is 554 g/mol. The van der Waals surface area contributed by atoms with E-state index in [4.69, 9.17) is 16.3 Å². The summed E-state index contributed by atoms with van der Waals surface area (Å²) in [7, 11) is 2.03. The molecule has 0 radical (unpaired) electrons.